The molecule has 12 nitrogen and oxygen atoms in total. The summed E-state index contributed by atoms with van der Waals surface area (Å²) in [6, 6.07) is 4.44. The number of ether oxygens (including phenoxy) is 1. The van der Waals surface area contributed by atoms with Crippen LogP contribution < -0.4 is 21.3 Å². The summed E-state index contributed by atoms with van der Waals surface area (Å²) in [6.45, 7) is 7.02. The van der Waals surface area contributed by atoms with Gasteiger partial charge in [-0.15, -0.1) is 0 Å². The zero-order valence-electron chi connectivity index (χ0n) is 26.7. The van der Waals surface area contributed by atoms with E-state index in [0.29, 0.717) is 38.7 Å². The Morgan fingerprint density at radius 3 is 2.49 bits per heavy atom. The highest BCUT2D eigenvalue weighted by Gasteiger charge is 2.41. The first-order valence-corrected chi connectivity index (χ1v) is 16.4. The molecule has 0 spiro atoms. The molecule has 3 fully saturated rings. The van der Waals surface area contributed by atoms with Crippen molar-refractivity contribution in [2.24, 2.45) is 11.8 Å². The van der Waals surface area contributed by atoms with Crippen LogP contribution in [-0.2, 0) is 35.1 Å². The Kier molecular flexibility index (Phi) is 12.2. The fraction of sp³-hybridized carbons (Fsp3) is 0.667. The third kappa shape index (κ3) is 9.91. The number of amides is 5. The van der Waals surface area contributed by atoms with Crippen LogP contribution in [0.15, 0.2) is 24.3 Å². The van der Waals surface area contributed by atoms with Gasteiger partial charge in [0.15, 0.2) is 0 Å². The highest BCUT2D eigenvalue weighted by atomic mass is 16.5. The van der Waals surface area contributed by atoms with Crippen molar-refractivity contribution in [2.45, 2.75) is 109 Å². The number of nitrogens with one attached hydrogen (secondary N) is 4. The average Bonchev–Trinajstić information content (AvgIpc) is 3.68. The maximum atomic E-state index is 13.6. The van der Waals surface area contributed by atoms with Gasteiger partial charge in [-0.1, -0.05) is 32.9 Å². The highest BCUT2D eigenvalue weighted by Crippen LogP contribution is 2.23. The molecular weight excluding hydrogens is 578 g/mol. The Balaban J connectivity index is 1.48. The van der Waals surface area contributed by atoms with Crippen molar-refractivity contribution in [3.05, 3.63) is 29.8 Å². The standard InChI is InChI=1S/C33H49N5O7/c1-20(2)25-13-8-21(3)16-29(40)36-26(17-22-9-11-24(39)12-10-22)31(42)34-14-4-7-30(41)38-19-23(18-27(38)32(43)37-25)35-33(44)28-6-5-15-45-28/h9-12,20-21,23,25-28,39H,4-8,13-19H2,1-3H3,(H,34,42)(H,35,44)(H,36,40)(H,37,43)/t21-,23-,25+,26+,27+,28+/m1/s1. The summed E-state index contributed by atoms with van der Waals surface area (Å²) in [4.78, 5) is 67.7. The normalized spacial score (nSPS) is 29.3. The molecule has 1 aromatic rings. The molecule has 12 heteroatoms. The van der Waals surface area contributed by atoms with Crippen LogP contribution in [0.1, 0.15) is 77.7 Å². The van der Waals surface area contributed by atoms with Crippen molar-refractivity contribution in [1.82, 2.24) is 26.2 Å². The number of nitrogens with zero attached hydrogens (tertiary/aromatic N) is 1. The zero-order valence-corrected chi connectivity index (χ0v) is 26.7. The Labute approximate surface area is 265 Å². The Morgan fingerprint density at radius 1 is 1.04 bits per heavy atom. The second-order valence-corrected chi connectivity index (χ2v) is 13.1. The molecule has 0 aliphatic carbocycles. The molecule has 5 N–H and O–H groups in total. The first kappa shape index (κ1) is 34.2. The lowest BCUT2D eigenvalue weighted by atomic mass is 9.92. The number of aromatic hydroxyl groups is 1. The molecule has 3 aliphatic heterocycles. The maximum Gasteiger partial charge on any atom is 0.249 e. The van der Waals surface area contributed by atoms with Gasteiger partial charge in [-0.3, -0.25) is 24.0 Å². The molecule has 3 aliphatic rings. The van der Waals surface area contributed by atoms with Crippen molar-refractivity contribution in [2.75, 3.05) is 19.7 Å². The molecule has 45 heavy (non-hydrogen) atoms. The molecule has 6 atom stereocenters. The average molecular weight is 628 g/mol. The van der Waals surface area contributed by atoms with Gasteiger partial charge in [0.2, 0.25) is 29.5 Å². The monoisotopic (exact) mass is 627 g/mol. The van der Waals surface area contributed by atoms with E-state index in [1.807, 2.05) is 20.8 Å². The molecule has 0 unspecified atom stereocenters. The van der Waals surface area contributed by atoms with Crippen LogP contribution >= 0.6 is 0 Å². The molecule has 0 bridgehead atoms. The summed E-state index contributed by atoms with van der Waals surface area (Å²) in [7, 11) is 0. The van der Waals surface area contributed by atoms with Crippen molar-refractivity contribution < 1.29 is 33.8 Å². The molecule has 5 amide bonds. The van der Waals surface area contributed by atoms with Crippen LogP contribution in [0.3, 0.4) is 0 Å². The van der Waals surface area contributed by atoms with Gasteiger partial charge in [0.25, 0.3) is 0 Å². The van der Waals surface area contributed by atoms with E-state index < -0.39 is 18.2 Å². The van der Waals surface area contributed by atoms with Crippen LogP contribution in [-0.4, -0.2) is 89.5 Å². The van der Waals surface area contributed by atoms with Crippen LogP contribution in [0.2, 0.25) is 0 Å². The lowest BCUT2D eigenvalue weighted by Gasteiger charge is -2.29. The quantitative estimate of drug-likeness (QED) is 0.330. The number of phenols is 1. The van der Waals surface area contributed by atoms with E-state index in [2.05, 4.69) is 21.3 Å². The lowest BCUT2D eigenvalue weighted by Crippen LogP contribution is -2.50. The predicted octanol–water partition coefficient (Wildman–Crippen LogP) is 1.54. The van der Waals surface area contributed by atoms with Gasteiger partial charge in [0.05, 0.1) is 0 Å². The number of carbonyl (C=O) groups excluding carboxylic acids is 5. The third-order valence-corrected chi connectivity index (χ3v) is 9.02. The summed E-state index contributed by atoms with van der Waals surface area (Å²) in [6.07, 6.45) is 3.55. The van der Waals surface area contributed by atoms with Gasteiger partial charge in [0.1, 0.15) is 23.9 Å². The number of phenolic OH excluding ortho intramolecular Hbond substituents is 1. The molecule has 3 saturated heterocycles. The fourth-order valence-electron chi connectivity index (χ4n) is 6.33. The second-order valence-electron chi connectivity index (χ2n) is 13.1. The van der Waals surface area contributed by atoms with Crippen LogP contribution in [0, 0.1) is 11.8 Å². The summed E-state index contributed by atoms with van der Waals surface area (Å²) in [5, 5.41) is 21.5. The van der Waals surface area contributed by atoms with Crippen molar-refractivity contribution >= 4 is 29.5 Å². The Bertz CT molecular complexity index is 1200. The molecular formula is C33H49N5O7. The third-order valence-electron chi connectivity index (χ3n) is 9.02. The summed E-state index contributed by atoms with van der Waals surface area (Å²) >= 11 is 0. The van der Waals surface area contributed by atoms with E-state index in [-0.39, 0.29) is 91.6 Å². The minimum Gasteiger partial charge on any atom is -0.508 e. The summed E-state index contributed by atoms with van der Waals surface area (Å²) in [5.41, 5.74) is 0.787. The minimum absolute atomic E-state index is 0.00127. The number of fused-ring (bicyclic) bond motifs is 1. The number of carbonyl (C=O) groups is 5. The van der Waals surface area contributed by atoms with E-state index in [0.717, 1.165) is 12.0 Å². The first-order chi connectivity index (χ1) is 21.5. The van der Waals surface area contributed by atoms with Crippen molar-refractivity contribution in [1.29, 1.82) is 0 Å². The second kappa shape index (κ2) is 16.1. The van der Waals surface area contributed by atoms with Gasteiger partial charge in [0, 0.05) is 51.0 Å². The molecule has 0 aromatic heterocycles. The topological polar surface area (TPSA) is 166 Å². The Hall–Kier alpha value is -3.67. The molecule has 0 radical (unpaired) electrons. The van der Waals surface area contributed by atoms with Crippen LogP contribution in [0.4, 0.5) is 0 Å². The molecule has 0 saturated carbocycles. The molecule has 3 heterocycles. The van der Waals surface area contributed by atoms with Crippen molar-refractivity contribution in [3.8, 4) is 5.75 Å². The molecule has 1 aromatic carbocycles. The smallest absolute Gasteiger partial charge is 0.249 e. The first-order valence-electron chi connectivity index (χ1n) is 16.4. The maximum absolute atomic E-state index is 13.6. The largest absolute Gasteiger partial charge is 0.508 e. The predicted molar refractivity (Wildman–Crippen MR) is 167 cm³/mol. The van der Waals surface area contributed by atoms with E-state index in [9.17, 15) is 29.1 Å². The summed E-state index contributed by atoms with van der Waals surface area (Å²) in [5.74, 6) is -1.02. The van der Waals surface area contributed by atoms with Crippen LogP contribution in [0.5, 0.6) is 5.75 Å². The van der Waals surface area contributed by atoms with Gasteiger partial charge in [-0.2, -0.15) is 0 Å². The minimum atomic E-state index is -0.817. The fourth-order valence-corrected chi connectivity index (χ4v) is 6.33. The number of benzene rings is 1. The SMILES string of the molecule is CC(C)[C@@H]1CC[C@@H](C)CC(=O)N[C@@H](Cc2ccc(O)cc2)C(=O)NCCCC(=O)N2C[C@H](NC(=O)[C@@H]3CCCO3)C[C@H]2C(=O)N1. The van der Waals surface area contributed by atoms with E-state index in [4.69, 9.17) is 4.74 Å². The van der Waals surface area contributed by atoms with E-state index >= 15 is 0 Å². The van der Waals surface area contributed by atoms with Gasteiger partial charge < -0.3 is 36.0 Å². The van der Waals surface area contributed by atoms with E-state index in [1.165, 1.54) is 12.1 Å². The van der Waals surface area contributed by atoms with Gasteiger partial charge in [-0.25, -0.2) is 0 Å². The highest BCUT2D eigenvalue weighted by molar-refractivity contribution is 5.90. The number of hydrogen-bond donors (Lipinski definition) is 5. The molecule has 248 valence electrons. The van der Waals surface area contributed by atoms with E-state index in [1.54, 1.807) is 17.0 Å². The lowest BCUT2D eigenvalue weighted by molar-refractivity contribution is -0.139. The zero-order chi connectivity index (χ0) is 32.5. The number of rotatable bonds is 5. The number of hydrogen-bond acceptors (Lipinski definition) is 7. The van der Waals surface area contributed by atoms with Crippen LogP contribution in [0.25, 0.3) is 0 Å². The Morgan fingerprint density at radius 2 is 1.80 bits per heavy atom. The molecule has 4 rings (SSSR count). The summed E-state index contributed by atoms with van der Waals surface area (Å²) < 4.78 is 5.52. The van der Waals surface area contributed by atoms with Gasteiger partial charge >= 0.3 is 0 Å². The van der Waals surface area contributed by atoms with Gasteiger partial charge in [-0.05, 0) is 68.1 Å². The van der Waals surface area contributed by atoms with Crippen molar-refractivity contribution in [3.63, 3.8) is 0 Å².